The predicted molar refractivity (Wildman–Crippen MR) is 139 cm³/mol. The number of halogens is 3. The smallest absolute Gasteiger partial charge is 0.243 e. The zero-order chi connectivity index (χ0) is 24.5. The first kappa shape index (κ1) is 26.1. The van der Waals surface area contributed by atoms with Gasteiger partial charge in [-0.1, -0.05) is 90.3 Å². The van der Waals surface area contributed by atoms with Gasteiger partial charge in [0.15, 0.2) is 0 Å². The van der Waals surface area contributed by atoms with Crippen molar-refractivity contribution in [2.24, 2.45) is 0 Å². The monoisotopic (exact) mass is 516 g/mol. The first-order chi connectivity index (χ1) is 16.4. The van der Waals surface area contributed by atoms with Gasteiger partial charge in [-0.15, -0.1) is 0 Å². The molecule has 3 aromatic rings. The molecule has 4 nitrogen and oxygen atoms in total. The Morgan fingerprint density at radius 2 is 1.56 bits per heavy atom. The second kappa shape index (κ2) is 12.8. The average molecular weight is 518 g/mol. The van der Waals surface area contributed by atoms with E-state index in [9.17, 15) is 9.59 Å². The first-order valence-corrected chi connectivity index (χ1v) is 12.3. The maximum atomic E-state index is 13.5. The summed E-state index contributed by atoms with van der Waals surface area (Å²) in [4.78, 5) is 28.4. The lowest BCUT2D eigenvalue weighted by Gasteiger charge is -2.31. The highest BCUT2D eigenvalue weighted by Gasteiger charge is 2.30. The van der Waals surface area contributed by atoms with Crippen molar-refractivity contribution >= 4 is 46.6 Å². The van der Waals surface area contributed by atoms with Crippen LogP contribution in [0.25, 0.3) is 0 Å². The normalized spacial score (nSPS) is 11.6. The number of carbonyl (C=O) groups excluding carboxylic acids is 2. The molecule has 0 saturated carbocycles. The molecule has 0 bridgehead atoms. The molecule has 3 aromatic carbocycles. The van der Waals surface area contributed by atoms with E-state index >= 15 is 0 Å². The molecule has 0 aliphatic carbocycles. The molecule has 1 unspecified atom stereocenters. The molecule has 0 saturated heterocycles. The summed E-state index contributed by atoms with van der Waals surface area (Å²) >= 11 is 18.3. The number of carbonyl (C=O) groups is 2. The zero-order valence-electron chi connectivity index (χ0n) is 18.9. The average Bonchev–Trinajstić information content (AvgIpc) is 2.82. The van der Waals surface area contributed by atoms with Crippen molar-refractivity contribution in [3.05, 3.63) is 105 Å². The topological polar surface area (TPSA) is 49.4 Å². The third-order valence-electron chi connectivity index (χ3n) is 5.47. The largest absolute Gasteiger partial charge is 0.350 e. The van der Waals surface area contributed by atoms with Crippen molar-refractivity contribution in [1.82, 2.24) is 10.2 Å². The molecule has 34 heavy (non-hydrogen) atoms. The molecular formula is C27H27Cl3N2O2. The minimum atomic E-state index is -0.691. The molecule has 3 rings (SSSR count). The molecule has 0 radical (unpaired) electrons. The fraction of sp³-hybridized carbons (Fsp3) is 0.259. The van der Waals surface area contributed by atoms with Gasteiger partial charge < -0.3 is 10.2 Å². The van der Waals surface area contributed by atoms with Crippen LogP contribution in [-0.2, 0) is 29.1 Å². The van der Waals surface area contributed by atoms with Gasteiger partial charge in [-0.05, 0) is 47.4 Å². The second-order valence-electron chi connectivity index (χ2n) is 8.06. The Morgan fingerprint density at radius 3 is 2.21 bits per heavy atom. The molecule has 0 fully saturated rings. The van der Waals surface area contributed by atoms with Crippen LogP contribution in [0.3, 0.4) is 0 Å². The fourth-order valence-corrected chi connectivity index (χ4v) is 4.26. The van der Waals surface area contributed by atoms with Crippen LogP contribution in [0.5, 0.6) is 0 Å². The summed E-state index contributed by atoms with van der Waals surface area (Å²) in [6.07, 6.45) is 1.44. The quantitative estimate of drug-likeness (QED) is 0.325. The SMILES string of the molecule is CCCC(=O)N(Cc1ccc(Cl)cc1)C(Cc1ccccc1)C(=O)NCc1ccc(Cl)cc1Cl. The molecular weight excluding hydrogens is 491 g/mol. The molecule has 1 atom stereocenters. The van der Waals surface area contributed by atoms with Gasteiger partial charge in [0, 0.05) is 41.0 Å². The summed E-state index contributed by atoms with van der Waals surface area (Å²) in [5.41, 5.74) is 2.63. The molecule has 178 valence electrons. The highest BCUT2D eigenvalue weighted by molar-refractivity contribution is 6.35. The van der Waals surface area contributed by atoms with Gasteiger partial charge in [-0.3, -0.25) is 9.59 Å². The third-order valence-corrected chi connectivity index (χ3v) is 6.31. The van der Waals surface area contributed by atoms with E-state index < -0.39 is 6.04 Å². The van der Waals surface area contributed by atoms with Crippen molar-refractivity contribution in [3.8, 4) is 0 Å². The third kappa shape index (κ3) is 7.49. The molecule has 0 spiro atoms. The van der Waals surface area contributed by atoms with E-state index in [1.807, 2.05) is 49.4 Å². The summed E-state index contributed by atoms with van der Waals surface area (Å²) in [7, 11) is 0. The number of amides is 2. The van der Waals surface area contributed by atoms with Crippen LogP contribution in [0.2, 0.25) is 15.1 Å². The molecule has 0 aromatic heterocycles. The lowest BCUT2D eigenvalue weighted by atomic mass is 10.0. The summed E-state index contributed by atoms with van der Waals surface area (Å²) in [5, 5.41) is 4.60. The van der Waals surface area contributed by atoms with E-state index in [1.54, 1.807) is 35.2 Å². The van der Waals surface area contributed by atoms with Gasteiger partial charge in [0.2, 0.25) is 11.8 Å². The highest BCUT2D eigenvalue weighted by Crippen LogP contribution is 2.22. The van der Waals surface area contributed by atoms with Gasteiger partial charge in [-0.25, -0.2) is 0 Å². The summed E-state index contributed by atoms with van der Waals surface area (Å²) in [6.45, 7) is 2.49. The first-order valence-electron chi connectivity index (χ1n) is 11.2. The van der Waals surface area contributed by atoms with Crippen molar-refractivity contribution in [1.29, 1.82) is 0 Å². The Balaban J connectivity index is 1.88. The van der Waals surface area contributed by atoms with Crippen LogP contribution >= 0.6 is 34.8 Å². The predicted octanol–water partition coefficient (Wildman–Crippen LogP) is 6.70. The maximum absolute atomic E-state index is 13.5. The molecule has 2 amide bonds. The van der Waals surface area contributed by atoms with Crippen LogP contribution in [-0.4, -0.2) is 22.8 Å². The number of nitrogens with zero attached hydrogens (tertiary/aromatic N) is 1. The maximum Gasteiger partial charge on any atom is 0.243 e. The standard InChI is InChI=1S/C27H27Cl3N2O2/c1-2-6-26(33)32(18-20-9-12-22(28)13-10-20)25(15-19-7-4-3-5-8-19)27(34)31-17-21-11-14-23(29)16-24(21)30/h3-5,7-14,16,25H,2,6,15,17-18H2,1H3,(H,31,34). The van der Waals surface area contributed by atoms with E-state index in [1.165, 1.54) is 0 Å². The van der Waals surface area contributed by atoms with E-state index in [2.05, 4.69) is 5.32 Å². The molecule has 0 aliphatic heterocycles. The van der Waals surface area contributed by atoms with Crippen molar-refractivity contribution in [3.63, 3.8) is 0 Å². The van der Waals surface area contributed by atoms with Crippen LogP contribution in [0.1, 0.15) is 36.5 Å². The van der Waals surface area contributed by atoms with E-state index in [0.717, 1.165) is 16.7 Å². The van der Waals surface area contributed by atoms with Crippen molar-refractivity contribution in [2.45, 2.75) is 45.3 Å². The number of benzene rings is 3. The van der Waals surface area contributed by atoms with Crippen molar-refractivity contribution < 1.29 is 9.59 Å². The summed E-state index contributed by atoms with van der Waals surface area (Å²) in [5.74, 6) is -0.314. The van der Waals surface area contributed by atoms with E-state index in [-0.39, 0.29) is 18.4 Å². The van der Waals surface area contributed by atoms with Gasteiger partial charge in [0.1, 0.15) is 6.04 Å². The molecule has 7 heteroatoms. The minimum absolute atomic E-state index is 0.0712. The summed E-state index contributed by atoms with van der Waals surface area (Å²) in [6, 6.07) is 21.5. The second-order valence-corrected chi connectivity index (χ2v) is 9.34. The Hall–Kier alpha value is -2.53. The van der Waals surface area contributed by atoms with Crippen LogP contribution in [0.15, 0.2) is 72.8 Å². The zero-order valence-corrected chi connectivity index (χ0v) is 21.2. The Kier molecular flexibility index (Phi) is 9.82. The van der Waals surface area contributed by atoms with E-state index in [4.69, 9.17) is 34.8 Å². The lowest BCUT2D eigenvalue weighted by molar-refractivity contribution is -0.141. The Labute approximate surface area is 215 Å². The Bertz CT molecular complexity index is 1100. The van der Waals surface area contributed by atoms with E-state index in [0.29, 0.717) is 40.9 Å². The number of nitrogens with one attached hydrogen (secondary N) is 1. The number of rotatable bonds is 10. The molecule has 0 aliphatic rings. The van der Waals surface area contributed by atoms with Crippen molar-refractivity contribution in [2.75, 3.05) is 0 Å². The summed E-state index contributed by atoms with van der Waals surface area (Å²) < 4.78 is 0. The van der Waals surface area contributed by atoms with Gasteiger partial charge in [0.25, 0.3) is 0 Å². The van der Waals surface area contributed by atoms with Gasteiger partial charge in [0.05, 0.1) is 0 Å². The highest BCUT2D eigenvalue weighted by atomic mass is 35.5. The minimum Gasteiger partial charge on any atom is -0.350 e. The molecule has 0 heterocycles. The number of hydrogen-bond donors (Lipinski definition) is 1. The van der Waals surface area contributed by atoms with Crippen LogP contribution in [0.4, 0.5) is 0 Å². The fourth-order valence-electron chi connectivity index (χ4n) is 3.66. The van der Waals surface area contributed by atoms with Gasteiger partial charge in [-0.2, -0.15) is 0 Å². The Morgan fingerprint density at radius 1 is 0.882 bits per heavy atom. The number of hydrogen-bond acceptors (Lipinski definition) is 2. The molecule has 1 N–H and O–H groups in total. The van der Waals surface area contributed by atoms with Crippen LogP contribution in [0, 0.1) is 0 Å². The lowest BCUT2D eigenvalue weighted by Crippen LogP contribution is -2.50. The van der Waals surface area contributed by atoms with Gasteiger partial charge >= 0.3 is 0 Å². The van der Waals surface area contributed by atoms with Crippen LogP contribution < -0.4 is 5.32 Å².